The van der Waals surface area contributed by atoms with Crippen molar-refractivity contribution in [2.24, 2.45) is 0 Å². The molecule has 0 unspecified atom stereocenters. The van der Waals surface area contributed by atoms with Crippen LogP contribution in [0.5, 0.6) is 5.75 Å². The Labute approximate surface area is 257 Å². The molecule has 1 saturated heterocycles. The first-order valence-corrected chi connectivity index (χ1v) is 14.8. The van der Waals surface area contributed by atoms with Crippen LogP contribution in [0.2, 0.25) is 0 Å². The first-order chi connectivity index (χ1) is 20.9. The van der Waals surface area contributed by atoms with Crippen molar-refractivity contribution in [1.29, 1.82) is 0 Å². The first kappa shape index (κ1) is 30.9. The molecule has 3 aromatic rings. The van der Waals surface area contributed by atoms with Gasteiger partial charge in [0.25, 0.3) is 5.69 Å². The fourth-order valence-electron chi connectivity index (χ4n) is 5.48. The summed E-state index contributed by atoms with van der Waals surface area (Å²) in [5.41, 5.74) is 3.21. The summed E-state index contributed by atoms with van der Waals surface area (Å²) < 4.78 is 11.2. The molecule has 1 N–H and O–H groups in total. The third-order valence-corrected chi connectivity index (χ3v) is 7.94. The monoisotopic (exact) mass is 604 g/mol. The number of nitro groups is 1. The standard InChI is InChI=1S/C31H40N8O5/c1-19(2)44-29(40)21-17-32-30(35-28(21)38-18-31(4,5)27-23(38)10-9-20(3)33-27)34-22-15-25(39(41)42)24(16-26(22)43-7)36(6)13-14-37-11-8-12-37/h9-10,15-17,19H,8,11-14,18H2,1-7H3,(H,32,34,35). The van der Waals surface area contributed by atoms with E-state index in [-0.39, 0.29) is 28.7 Å². The molecule has 5 rings (SSSR count). The van der Waals surface area contributed by atoms with Gasteiger partial charge in [0.05, 0.1) is 35.2 Å². The predicted octanol–water partition coefficient (Wildman–Crippen LogP) is 4.98. The molecule has 0 radical (unpaired) electrons. The van der Waals surface area contributed by atoms with Gasteiger partial charge >= 0.3 is 5.97 Å². The average Bonchev–Trinajstić information content (AvgIpc) is 3.20. The number of anilines is 5. The Balaban J connectivity index is 1.53. The molecular formula is C31H40N8O5. The van der Waals surface area contributed by atoms with Gasteiger partial charge in [0.2, 0.25) is 5.95 Å². The van der Waals surface area contributed by atoms with Crippen molar-refractivity contribution in [1.82, 2.24) is 19.9 Å². The van der Waals surface area contributed by atoms with Gasteiger partial charge in [-0.05, 0) is 52.4 Å². The number of hydrogen-bond acceptors (Lipinski definition) is 12. The Morgan fingerprint density at radius 3 is 2.61 bits per heavy atom. The van der Waals surface area contributed by atoms with Crippen LogP contribution in [0.25, 0.3) is 0 Å². The van der Waals surface area contributed by atoms with Gasteiger partial charge < -0.3 is 29.5 Å². The van der Waals surface area contributed by atoms with Crippen LogP contribution < -0.4 is 19.9 Å². The van der Waals surface area contributed by atoms with E-state index in [1.54, 1.807) is 19.9 Å². The highest BCUT2D eigenvalue weighted by Crippen LogP contribution is 2.44. The second kappa shape index (κ2) is 12.2. The Kier molecular flexibility index (Phi) is 8.60. The van der Waals surface area contributed by atoms with Crippen molar-refractivity contribution in [2.75, 3.05) is 62.0 Å². The lowest BCUT2D eigenvalue weighted by atomic mass is 9.91. The number of esters is 1. The fraction of sp³-hybridized carbons (Fsp3) is 0.484. The SMILES string of the molecule is COc1cc(N(C)CCN2CCC2)c([N+](=O)[O-])cc1Nc1ncc(C(=O)OC(C)C)c(N2CC(C)(C)c3nc(C)ccc32)n1. The minimum absolute atomic E-state index is 0.0755. The number of likely N-dealkylation sites (tertiary alicyclic amines) is 1. The number of carbonyl (C=O) groups excluding carboxylic acids is 1. The molecule has 4 heterocycles. The van der Waals surface area contributed by atoms with Gasteiger partial charge in [0.15, 0.2) is 5.82 Å². The van der Waals surface area contributed by atoms with Crippen LogP contribution in [0, 0.1) is 17.0 Å². The van der Waals surface area contributed by atoms with Gasteiger partial charge in [-0.3, -0.25) is 15.1 Å². The molecule has 0 bridgehead atoms. The molecule has 0 saturated carbocycles. The third-order valence-electron chi connectivity index (χ3n) is 7.94. The highest BCUT2D eigenvalue weighted by Gasteiger charge is 2.40. The van der Waals surface area contributed by atoms with Gasteiger partial charge in [0.1, 0.15) is 17.0 Å². The lowest BCUT2D eigenvalue weighted by Crippen LogP contribution is -2.41. The van der Waals surface area contributed by atoms with Crippen molar-refractivity contribution in [2.45, 2.75) is 52.6 Å². The number of benzene rings is 1. The molecule has 13 nitrogen and oxygen atoms in total. The molecule has 0 atom stereocenters. The van der Waals surface area contributed by atoms with Crippen LogP contribution in [0.4, 0.5) is 34.5 Å². The summed E-state index contributed by atoms with van der Waals surface area (Å²) >= 11 is 0. The van der Waals surface area contributed by atoms with Gasteiger partial charge in [-0.1, -0.05) is 13.8 Å². The number of ether oxygens (including phenoxy) is 2. The van der Waals surface area contributed by atoms with E-state index in [0.717, 1.165) is 36.7 Å². The van der Waals surface area contributed by atoms with E-state index in [4.69, 9.17) is 19.4 Å². The van der Waals surface area contributed by atoms with Crippen molar-refractivity contribution in [3.8, 4) is 5.75 Å². The lowest BCUT2D eigenvalue weighted by Gasteiger charge is -2.32. The van der Waals surface area contributed by atoms with Crippen molar-refractivity contribution < 1.29 is 19.2 Å². The number of methoxy groups -OCH3 is 1. The number of carbonyl (C=O) groups is 1. The van der Waals surface area contributed by atoms with E-state index >= 15 is 0 Å². The number of hydrogen-bond donors (Lipinski definition) is 1. The molecule has 0 aliphatic carbocycles. The highest BCUT2D eigenvalue weighted by atomic mass is 16.6. The number of nitro benzene ring substituents is 1. The Hall–Kier alpha value is -4.52. The van der Waals surface area contributed by atoms with E-state index < -0.39 is 10.9 Å². The van der Waals surface area contributed by atoms with Crippen molar-refractivity contribution in [3.05, 3.63) is 57.5 Å². The molecule has 2 aliphatic rings. The minimum atomic E-state index is -0.549. The maximum atomic E-state index is 13.2. The number of nitrogens with one attached hydrogen (secondary N) is 1. The Bertz CT molecular complexity index is 1570. The zero-order valence-electron chi connectivity index (χ0n) is 26.4. The van der Waals surface area contributed by atoms with Crippen LogP contribution >= 0.6 is 0 Å². The van der Waals surface area contributed by atoms with E-state index in [1.807, 2.05) is 35.9 Å². The van der Waals surface area contributed by atoms with Crippen LogP contribution in [0.15, 0.2) is 30.5 Å². The second-order valence-electron chi connectivity index (χ2n) is 12.2. The molecule has 0 amide bonds. The van der Waals surface area contributed by atoms with Crippen LogP contribution in [-0.4, -0.2) is 83.7 Å². The van der Waals surface area contributed by atoms with Gasteiger partial charge in [0, 0.05) is 56.1 Å². The van der Waals surface area contributed by atoms with Crippen LogP contribution in [0.3, 0.4) is 0 Å². The van der Waals surface area contributed by atoms with E-state index in [2.05, 4.69) is 29.0 Å². The van der Waals surface area contributed by atoms with Crippen LogP contribution in [-0.2, 0) is 10.2 Å². The summed E-state index contributed by atoms with van der Waals surface area (Å²) in [6.07, 6.45) is 2.26. The summed E-state index contributed by atoms with van der Waals surface area (Å²) in [6.45, 7) is 13.8. The molecule has 234 valence electrons. The average molecular weight is 605 g/mol. The summed E-state index contributed by atoms with van der Waals surface area (Å²) in [4.78, 5) is 45.1. The Morgan fingerprint density at radius 1 is 1.23 bits per heavy atom. The summed E-state index contributed by atoms with van der Waals surface area (Å²) in [7, 11) is 3.34. The lowest BCUT2D eigenvalue weighted by molar-refractivity contribution is -0.384. The smallest absolute Gasteiger partial charge is 0.343 e. The zero-order valence-corrected chi connectivity index (χ0v) is 26.4. The largest absolute Gasteiger partial charge is 0.494 e. The predicted molar refractivity (Wildman–Crippen MR) is 169 cm³/mol. The molecule has 1 fully saturated rings. The summed E-state index contributed by atoms with van der Waals surface area (Å²) in [5, 5.41) is 15.3. The van der Waals surface area contributed by atoms with Crippen LogP contribution in [0.1, 0.15) is 55.9 Å². The highest BCUT2D eigenvalue weighted by molar-refractivity contribution is 5.96. The quantitative estimate of drug-likeness (QED) is 0.179. The third kappa shape index (κ3) is 6.23. The molecule has 13 heteroatoms. The van der Waals surface area contributed by atoms with Gasteiger partial charge in [-0.15, -0.1) is 0 Å². The van der Waals surface area contributed by atoms with E-state index in [1.165, 1.54) is 25.8 Å². The topological polar surface area (TPSA) is 139 Å². The number of likely N-dealkylation sites (N-methyl/N-ethyl adjacent to an activating group) is 1. The number of pyridine rings is 1. The fourth-order valence-corrected chi connectivity index (χ4v) is 5.48. The van der Waals surface area contributed by atoms with E-state index in [0.29, 0.717) is 36.0 Å². The van der Waals surface area contributed by atoms with Gasteiger partial charge in [-0.25, -0.2) is 9.78 Å². The summed E-state index contributed by atoms with van der Waals surface area (Å²) in [6, 6.07) is 6.98. The molecule has 2 aliphatic heterocycles. The maximum absolute atomic E-state index is 13.2. The number of aromatic nitrogens is 3. The molecule has 0 spiro atoms. The molecule has 44 heavy (non-hydrogen) atoms. The maximum Gasteiger partial charge on any atom is 0.343 e. The Morgan fingerprint density at radius 2 is 1.98 bits per heavy atom. The molecular weight excluding hydrogens is 564 g/mol. The minimum Gasteiger partial charge on any atom is -0.494 e. The van der Waals surface area contributed by atoms with Crippen molar-refractivity contribution in [3.63, 3.8) is 0 Å². The number of aryl methyl sites for hydroxylation is 1. The number of rotatable bonds is 11. The zero-order chi connectivity index (χ0) is 31.8. The van der Waals surface area contributed by atoms with Crippen molar-refractivity contribution >= 4 is 40.5 Å². The molecule has 2 aromatic heterocycles. The second-order valence-corrected chi connectivity index (χ2v) is 12.2. The summed E-state index contributed by atoms with van der Waals surface area (Å²) in [5.74, 6) is 0.328. The van der Waals surface area contributed by atoms with E-state index in [9.17, 15) is 14.9 Å². The number of nitrogens with zero attached hydrogens (tertiary/aromatic N) is 7. The normalized spacial score (nSPS) is 15.5. The number of fused-ring (bicyclic) bond motifs is 1. The van der Waals surface area contributed by atoms with Gasteiger partial charge in [-0.2, -0.15) is 4.98 Å². The first-order valence-electron chi connectivity index (χ1n) is 14.8. The molecule has 1 aromatic carbocycles.